The molecule has 1 nitrogen and oxygen atoms in total. The topological polar surface area (TPSA) is 12.0 Å². The van der Waals surface area contributed by atoms with Gasteiger partial charge >= 0.3 is 0 Å². The van der Waals surface area contributed by atoms with E-state index in [1.54, 1.807) is 0 Å². The zero-order valence-corrected chi connectivity index (χ0v) is 11.5. The van der Waals surface area contributed by atoms with Gasteiger partial charge in [-0.1, -0.05) is 50.5 Å². The van der Waals surface area contributed by atoms with E-state index in [-0.39, 0.29) is 0 Å². The highest BCUT2D eigenvalue weighted by atomic mass is 14.8. The third-order valence-corrected chi connectivity index (χ3v) is 3.20. The fourth-order valence-electron chi connectivity index (χ4n) is 2.15. The predicted molar refractivity (Wildman–Crippen MR) is 76.5 cm³/mol. The molecule has 1 aromatic rings. The van der Waals surface area contributed by atoms with E-state index in [1.807, 2.05) is 7.05 Å². The molecule has 0 aromatic heterocycles. The fourth-order valence-corrected chi connectivity index (χ4v) is 2.15. The summed E-state index contributed by atoms with van der Waals surface area (Å²) < 4.78 is 0. The summed E-state index contributed by atoms with van der Waals surface area (Å²) in [6.45, 7) is 3.39. The van der Waals surface area contributed by atoms with E-state index in [4.69, 9.17) is 0 Å². The Bertz CT molecular complexity index is 276. The molecule has 1 rings (SSSR count). The molecule has 0 amide bonds. The highest BCUT2D eigenvalue weighted by molar-refractivity contribution is 5.22. The van der Waals surface area contributed by atoms with Crippen molar-refractivity contribution in [2.75, 3.05) is 13.6 Å². The quantitative estimate of drug-likeness (QED) is 0.637. The lowest BCUT2D eigenvalue weighted by Gasteiger charge is -2.04. The van der Waals surface area contributed by atoms with Crippen LogP contribution >= 0.6 is 0 Å². The van der Waals surface area contributed by atoms with Gasteiger partial charge in [0.1, 0.15) is 0 Å². The van der Waals surface area contributed by atoms with Crippen LogP contribution < -0.4 is 5.32 Å². The molecule has 1 N–H and O–H groups in total. The van der Waals surface area contributed by atoms with Crippen LogP contribution in [0.15, 0.2) is 24.3 Å². The van der Waals surface area contributed by atoms with Crippen LogP contribution in [0.5, 0.6) is 0 Å². The first-order valence-electron chi connectivity index (χ1n) is 7.09. The Morgan fingerprint density at radius 3 is 2.00 bits per heavy atom. The maximum absolute atomic E-state index is 3.19. The normalized spacial score (nSPS) is 10.7. The van der Waals surface area contributed by atoms with Gasteiger partial charge in [0.05, 0.1) is 0 Å². The Kier molecular flexibility index (Phi) is 7.74. The zero-order valence-electron chi connectivity index (χ0n) is 11.5. The van der Waals surface area contributed by atoms with Crippen molar-refractivity contribution in [3.8, 4) is 0 Å². The molecule has 0 bridgehead atoms. The van der Waals surface area contributed by atoms with Gasteiger partial charge < -0.3 is 5.32 Å². The Labute approximate surface area is 107 Å². The molecule has 1 aromatic carbocycles. The summed E-state index contributed by atoms with van der Waals surface area (Å²) in [7, 11) is 2.03. The van der Waals surface area contributed by atoms with Gasteiger partial charge in [0.25, 0.3) is 0 Å². The van der Waals surface area contributed by atoms with Gasteiger partial charge in [-0.05, 0) is 50.4 Å². The average molecular weight is 233 g/mol. The SMILES string of the molecule is CCCc1ccc(CCCCCCNC)cc1. The second-order valence-corrected chi connectivity index (χ2v) is 4.83. The molecule has 0 aliphatic carbocycles. The van der Waals surface area contributed by atoms with Crippen LogP contribution in [0.3, 0.4) is 0 Å². The minimum atomic E-state index is 1.16. The molecule has 0 aliphatic heterocycles. The van der Waals surface area contributed by atoms with Crippen LogP contribution in [0.4, 0.5) is 0 Å². The van der Waals surface area contributed by atoms with Gasteiger partial charge in [0.15, 0.2) is 0 Å². The van der Waals surface area contributed by atoms with E-state index in [1.165, 1.54) is 56.1 Å². The van der Waals surface area contributed by atoms with Crippen molar-refractivity contribution < 1.29 is 0 Å². The van der Waals surface area contributed by atoms with Crippen LogP contribution in [-0.4, -0.2) is 13.6 Å². The molecular formula is C16H27N. The summed E-state index contributed by atoms with van der Waals surface area (Å²) >= 11 is 0. The van der Waals surface area contributed by atoms with E-state index >= 15 is 0 Å². The summed E-state index contributed by atoms with van der Waals surface area (Å²) in [4.78, 5) is 0. The van der Waals surface area contributed by atoms with Gasteiger partial charge in [0.2, 0.25) is 0 Å². The minimum Gasteiger partial charge on any atom is -0.320 e. The number of nitrogens with one attached hydrogen (secondary N) is 1. The van der Waals surface area contributed by atoms with Crippen LogP contribution in [0.25, 0.3) is 0 Å². The van der Waals surface area contributed by atoms with Crippen molar-refractivity contribution in [1.29, 1.82) is 0 Å². The summed E-state index contributed by atoms with van der Waals surface area (Å²) in [5.41, 5.74) is 2.98. The molecule has 0 atom stereocenters. The summed E-state index contributed by atoms with van der Waals surface area (Å²) in [5, 5.41) is 3.19. The zero-order chi connectivity index (χ0) is 12.3. The maximum atomic E-state index is 3.19. The standard InChI is InChI=1S/C16H27N/c1-3-8-15-10-12-16(13-11-15)9-6-4-5-7-14-17-2/h10-13,17H,3-9,14H2,1-2H3. The fraction of sp³-hybridized carbons (Fsp3) is 0.625. The van der Waals surface area contributed by atoms with Gasteiger partial charge in [0, 0.05) is 0 Å². The largest absolute Gasteiger partial charge is 0.320 e. The molecule has 1 heteroatoms. The van der Waals surface area contributed by atoms with Crippen molar-refractivity contribution in [3.63, 3.8) is 0 Å². The summed E-state index contributed by atoms with van der Waals surface area (Å²) in [5.74, 6) is 0. The summed E-state index contributed by atoms with van der Waals surface area (Å²) in [6, 6.07) is 9.19. The predicted octanol–water partition coefficient (Wildman–Crippen LogP) is 3.96. The van der Waals surface area contributed by atoms with Gasteiger partial charge in [-0.25, -0.2) is 0 Å². The summed E-state index contributed by atoms with van der Waals surface area (Å²) in [6.07, 6.45) is 9.05. The second-order valence-electron chi connectivity index (χ2n) is 4.83. The van der Waals surface area contributed by atoms with Gasteiger partial charge in [-0.15, -0.1) is 0 Å². The Balaban J connectivity index is 2.14. The molecule has 0 aliphatic rings. The van der Waals surface area contributed by atoms with Crippen molar-refractivity contribution >= 4 is 0 Å². The Hall–Kier alpha value is -0.820. The monoisotopic (exact) mass is 233 g/mol. The third kappa shape index (κ3) is 6.48. The molecule has 0 fully saturated rings. The van der Waals surface area contributed by atoms with Crippen molar-refractivity contribution in [1.82, 2.24) is 5.32 Å². The molecular weight excluding hydrogens is 206 g/mol. The van der Waals surface area contributed by atoms with E-state index in [2.05, 4.69) is 36.5 Å². The van der Waals surface area contributed by atoms with Crippen LogP contribution in [0.2, 0.25) is 0 Å². The number of hydrogen-bond donors (Lipinski definition) is 1. The number of hydrogen-bond acceptors (Lipinski definition) is 1. The molecule has 0 heterocycles. The lowest BCUT2D eigenvalue weighted by Crippen LogP contribution is -2.06. The highest BCUT2D eigenvalue weighted by Crippen LogP contribution is 2.10. The first-order chi connectivity index (χ1) is 8.36. The first-order valence-corrected chi connectivity index (χ1v) is 7.09. The van der Waals surface area contributed by atoms with Crippen molar-refractivity contribution in [3.05, 3.63) is 35.4 Å². The number of unbranched alkanes of at least 4 members (excludes halogenated alkanes) is 3. The molecule has 0 radical (unpaired) electrons. The molecule has 0 saturated carbocycles. The second kappa shape index (κ2) is 9.23. The molecule has 96 valence electrons. The minimum absolute atomic E-state index is 1.16. The molecule has 17 heavy (non-hydrogen) atoms. The Morgan fingerprint density at radius 1 is 0.824 bits per heavy atom. The van der Waals surface area contributed by atoms with E-state index in [9.17, 15) is 0 Å². The van der Waals surface area contributed by atoms with E-state index in [0.717, 1.165) is 6.54 Å². The van der Waals surface area contributed by atoms with Crippen molar-refractivity contribution in [2.45, 2.75) is 51.9 Å². The average Bonchev–Trinajstić information content (AvgIpc) is 2.36. The number of aryl methyl sites for hydroxylation is 2. The maximum Gasteiger partial charge on any atom is -0.00519 e. The van der Waals surface area contributed by atoms with Crippen LogP contribution in [0.1, 0.15) is 50.2 Å². The number of rotatable bonds is 9. The molecule has 0 spiro atoms. The van der Waals surface area contributed by atoms with Crippen molar-refractivity contribution in [2.24, 2.45) is 0 Å². The lowest BCUT2D eigenvalue weighted by molar-refractivity contribution is 0.616. The first kappa shape index (κ1) is 14.2. The van der Waals surface area contributed by atoms with Crippen LogP contribution in [0, 0.1) is 0 Å². The van der Waals surface area contributed by atoms with E-state index < -0.39 is 0 Å². The van der Waals surface area contributed by atoms with Crippen LogP contribution in [-0.2, 0) is 12.8 Å². The van der Waals surface area contributed by atoms with E-state index in [0.29, 0.717) is 0 Å². The Morgan fingerprint density at radius 2 is 1.41 bits per heavy atom. The van der Waals surface area contributed by atoms with Gasteiger partial charge in [-0.3, -0.25) is 0 Å². The lowest BCUT2D eigenvalue weighted by atomic mass is 10.0. The smallest absolute Gasteiger partial charge is 0.00519 e. The highest BCUT2D eigenvalue weighted by Gasteiger charge is 1.95. The molecule has 0 unspecified atom stereocenters. The third-order valence-electron chi connectivity index (χ3n) is 3.20. The molecule has 0 saturated heterocycles. The number of benzene rings is 1. The van der Waals surface area contributed by atoms with Gasteiger partial charge in [-0.2, -0.15) is 0 Å².